The molecule has 2 amide bonds. The highest BCUT2D eigenvalue weighted by molar-refractivity contribution is 8.01. The number of hydrogen-bond acceptors (Lipinski definition) is 5. The average Bonchev–Trinajstić information content (AvgIpc) is 2.65. The Kier molecular flexibility index (Phi) is 6.29. The van der Waals surface area contributed by atoms with Crippen molar-refractivity contribution in [2.24, 2.45) is 0 Å². The third kappa shape index (κ3) is 4.54. The van der Waals surface area contributed by atoms with E-state index in [0.29, 0.717) is 10.6 Å². The van der Waals surface area contributed by atoms with Crippen molar-refractivity contribution in [2.75, 3.05) is 10.6 Å². The highest BCUT2D eigenvalue weighted by atomic mass is 32.2. The zero-order valence-electron chi connectivity index (χ0n) is 17.7. The second-order valence-corrected chi connectivity index (χ2v) is 11.5. The van der Waals surface area contributed by atoms with Gasteiger partial charge >= 0.3 is 0 Å². The van der Waals surface area contributed by atoms with Gasteiger partial charge < -0.3 is 10.6 Å². The molecule has 2 aromatic rings. The van der Waals surface area contributed by atoms with Crippen LogP contribution in [-0.2, 0) is 19.4 Å². The summed E-state index contributed by atoms with van der Waals surface area (Å²) in [5, 5.41) is 4.46. The van der Waals surface area contributed by atoms with Crippen LogP contribution in [0.15, 0.2) is 40.1 Å². The molecule has 0 aliphatic carbocycles. The van der Waals surface area contributed by atoms with Gasteiger partial charge in [0.25, 0.3) is 0 Å². The van der Waals surface area contributed by atoms with Crippen LogP contribution in [0.25, 0.3) is 0 Å². The van der Waals surface area contributed by atoms with E-state index < -0.39 is 15.1 Å². The lowest BCUT2D eigenvalue weighted by Crippen LogP contribution is -2.27. The number of carbonyl (C=O) groups excluding carboxylic acids is 2. The Morgan fingerprint density at radius 1 is 1.17 bits per heavy atom. The molecule has 0 bridgehead atoms. The van der Waals surface area contributed by atoms with Gasteiger partial charge in [-0.05, 0) is 63.9 Å². The number of anilines is 2. The van der Waals surface area contributed by atoms with Crippen molar-refractivity contribution in [1.82, 2.24) is 0 Å². The van der Waals surface area contributed by atoms with Gasteiger partial charge in [-0.1, -0.05) is 17.7 Å². The van der Waals surface area contributed by atoms with E-state index in [1.165, 1.54) is 17.8 Å². The molecular weight excluding hydrogens is 420 g/mol. The molecule has 3 rings (SSSR count). The first kappa shape index (κ1) is 22.4. The van der Waals surface area contributed by atoms with E-state index in [9.17, 15) is 18.0 Å². The van der Waals surface area contributed by atoms with E-state index in [1.54, 1.807) is 26.0 Å². The van der Waals surface area contributed by atoms with Gasteiger partial charge in [-0.2, -0.15) is 0 Å². The van der Waals surface area contributed by atoms with Crippen molar-refractivity contribution in [3.05, 3.63) is 47.0 Å². The Hall–Kier alpha value is -2.32. The van der Waals surface area contributed by atoms with E-state index in [0.717, 1.165) is 22.4 Å². The van der Waals surface area contributed by atoms with Crippen LogP contribution < -0.4 is 10.6 Å². The van der Waals surface area contributed by atoms with Gasteiger partial charge in [-0.25, -0.2) is 8.42 Å². The summed E-state index contributed by atoms with van der Waals surface area (Å²) in [7, 11) is -3.70. The molecular formula is C22H26N2O4S2. The SMILES string of the molecule is Cc1cc(C)c(NC(=O)CC(C)S(=O)(=O)c2ccc3c(c2)SC(C)C(=O)N3)c(C)c1. The zero-order valence-corrected chi connectivity index (χ0v) is 19.3. The molecule has 30 heavy (non-hydrogen) atoms. The van der Waals surface area contributed by atoms with Gasteiger partial charge in [-0.3, -0.25) is 9.59 Å². The lowest BCUT2D eigenvalue weighted by atomic mass is 10.0. The molecule has 8 heteroatoms. The minimum absolute atomic E-state index is 0.102. The summed E-state index contributed by atoms with van der Waals surface area (Å²) in [5.74, 6) is -0.441. The molecule has 2 aromatic carbocycles. The number of sulfone groups is 1. The van der Waals surface area contributed by atoms with E-state index in [2.05, 4.69) is 10.6 Å². The van der Waals surface area contributed by atoms with Crippen LogP contribution in [0, 0.1) is 20.8 Å². The summed E-state index contributed by atoms with van der Waals surface area (Å²) in [5.41, 5.74) is 4.33. The fraction of sp³-hybridized carbons (Fsp3) is 0.364. The smallest absolute Gasteiger partial charge is 0.237 e. The van der Waals surface area contributed by atoms with Crippen LogP contribution in [0.3, 0.4) is 0 Å². The third-order valence-electron chi connectivity index (χ3n) is 5.16. The number of benzene rings is 2. The van der Waals surface area contributed by atoms with Crippen LogP contribution in [-0.4, -0.2) is 30.7 Å². The fourth-order valence-electron chi connectivity index (χ4n) is 3.53. The predicted octanol–water partition coefficient (Wildman–Crippen LogP) is 4.24. The Morgan fingerprint density at radius 2 is 1.80 bits per heavy atom. The first-order valence-corrected chi connectivity index (χ1v) is 12.1. The molecule has 6 nitrogen and oxygen atoms in total. The Bertz CT molecular complexity index is 1100. The minimum atomic E-state index is -3.70. The van der Waals surface area contributed by atoms with Crippen molar-refractivity contribution < 1.29 is 18.0 Å². The molecule has 2 atom stereocenters. The van der Waals surface area contributed by atoms with E-state index in [4.69, 9.17) is 0 Å². The number of carbonyl (C=O) groups is 2. The topological polar surface area (TPSA) is 92.3 Å². The normalized spacial score (nSPS) is 17.1. The van der Waals surface area contributed by atoms with Crippen molar-refractivity contribution in [2.45, 2.75) is 61.3 Å². The number of rotatable bonds is 5. The number of nitrogens with one attached hydrogen (secondary N) is 2. The molecule has 0 spiro atoms. The van der Waals surface area contributed by atoms with Gasteiger partial charge in [0.2, 0.25) is 11.8 Å². The fourth-order valence-corrected chi connectivity index (χ4v) is 5.97. The van der Waals surface area contributed by atoms with E-state index in [-0.39, 0.29) is 28.4 Å². The lowest BCUT2D eigenvalue weighted by Gasteiger charge is -2.22. The van der Waals surface area contributed by atoms with Crippen LogP contribution in [0.5, 0.6) is 0 Å². The summed E-state index contributed by atoms with van der Waals surface area (Å²) in [6, 6.07) is 8.62. The minimum Gasteiger partial charge on any atom is -0.326 e. The number of fused-ring (bicyclic) bond motifs is 1. The third-order valence-corrected chi connectivity index (χ3v) is 8.45. The molecule has 2 unspecified atom stereocenters. The van der Waals surface area contributed by atoms with Crippen LogP contribution in [0.1, 0.15) is 37.0 Å². The molecule has 1 aliphatic rings. The van der Waals surface area contributed by atoms with Crippen molar-refractivity contribution >= 4 is 44.8 Å². The van der Waals surface area contributed by atoms with Gasteiger partial charge in [0.05, 0.1) is 21.1 Å². The second-order valence-electron chi connectivity index (χ2n) is 7.79. The van der Waals surface area contributed by atoms with Crippen molar-refractivity contribution in [3.8, 4) is 0 Å². The summed E-state index contributed by atoms with van der Waals surface area (Å²) in [6.45, 7) is 9.14. The molecule has 0 saturated heterocycles. The molecule has 0 saturated carbocycles. The molecule has 0 radical (unpaired) electrons. The van der Waals surface area contributed by atoms with Gasteiger partial charge in [0.15, 0.2) is 9.84 Å². The zero-order chi connectivity index (χ0) is 22.2. The van der Waals surface area contributed by atoms with Gasteiger partial charge in [0.1, 0.15) is 0 Å². The maximum absolute atomic E-state index is 13.1. The molecule has 160 valence electrons. The number of aryl methyl sites for hydroxylation is 3. The van der Waals surface area contributed by atoms with Gasteiger partial charge in [-0.15, -0.1) is 11.8 Å². The van der Waals surface area contributed by atoms with Gasteiger partial charge in [0, 0.05) is 17.0 Å². The summed E-state index contributed by atoms with van der Waals surface area (Å²) >= 11 is 1.33. The molecule has 2 N–H and O–H groups in total. The maximum Gasteiger partial charge on any atom is 0.237 e. The first-order chi connectivity index (χ1) is 14.0. The Balaban J connectivity index is 1.76. The summed E-state index contributed by atoms with van der Waals surface area (Å²) in [6.07, 6.45) is -0.146. The Labute approximate surface area is 181 Å². The Morgan fingerprint density at radius 3 is 2.43 bits per heavy atom. The highest BCUT2D eigenvalue weighted by Gasteiger charge is 2.29. The van der Waals surface area contributed by atoms with Crippen LogP contribution >= 0.6 is 11.8 Å². The number of amides is 2. The standard InChI is InChI=1S/C22H26N2O4S2/c1-12-8-13(2)21(14(3)9-12)24-20(25)10-15(4)30(27,28)17-6-7-18-19(11-17)29-16(5)22(26)23-18/h6-9,11,15-16H,10H2,1-5H3,(H,23,26)(H,24,25). The van der Waals surface area contributed by atoms with Crippen molar-refractivity contribution in [3.63, 3.8) is 0 Å². The highest BCUT2D eigenvalue weighted by Crippen LogP contribution is 2.37. The molecule has 1 aliphatic heterocycles. The molecule has 0 aromatic heterocycles. The number of hydrogen-bond donors (Lipinski definition) is 2. The van der Waals surface area contributed by atoms with Crippen LogP contribution in [0.4, 0.5) is 11.4 Å². The monoisotopic (exact) mass is 446 g/mol. The summed E-state index contributed by atoms with van der Waals surface area (Å²) in [4.78, 5) is 25.2. The van der Waals surface area contributed by atoms with E-state index in [1.807, 2.05) is 32.9 Å². The second kappa shape index (κ2) is 8.43. The lowest BCUT2D eigenvalue weighted by molar-refractivity contribution is -0.116. The maximum atomic E-state index is 13.1. The van der Waals surface area contributed by atoms with E-state index >= 15 is 0 Å². The largest absolute Gasteiger partial charge is 0.326 e. The first-order valence-electron chi connectivity index (χ1n) is 9.72. The van der Waals surface area contributed by atoms with Crippen molar-refractivity contribution in [1.29, 1.82) is 0 Å². The van der Waals surface area contributed by atoms with Crippen LogP contribution in [0.2, 0.25) is 0 Å². The molecule has 0 fully saturated rings. The predicted molar refractivity (Wildman–Crippen MR) is 121 cm³/mol. The average molecular weight is 447 g/mol. The molecule has 1 heterocycles. The number of thioether (sulfide) groups is 1. The quantitative estimate of drug-likeness (QED) is 0.717. The summed E-state index contributed by atoms with van der Waals surface area (Å²) < 4.78 is 26.1.